The Hall–Kier alpha value is -1.60. The Morgan fingerprint density at radius 1 is 1.12 bits per heavy atom. The van der Waals surface area contributed by atoms with Gasteiger partial charge in [-0.2, -0.15) is 0 Å². The van der Waals surface area contributed by atoms with E-state index < -0.39 is 10.0 Å². The fourth-order valence-corrected chi connectivity index (χ4v) is 4.04. The van der Waals surface area contributed by atoms with E-state index in [9.17, 15) is 8.42 Å². The summed E-state index contributed by atoms with van der Waals surface area (Å²) in [5, 5.41) is 1.20. The largest absolute Gasteiger partial charge is 0.384 e. The minimum atomic E-state index is -3.51. The van der Waals surface area contributed by atoms with Crippen LogP contribution in [-0.4, -0.2) is 27.9 Å². The summed E-state index contributed by atoms with van der Waals surface area (Å²) in [6.45, 7) is 2.54. The van der Waals surface area contributed by atoms with E-state index in [-0.39, 0.29) is 6.04 Å². The molecule has 0 aliphatic rings. The first-order chi connectivity index (χ1) is 12.0. The maximum atomic E-state index is 12.2. The summed E-state index contributed by atoms with van der Waals surface area (Å²) >= 11 is 1.71. The van der Waals surface area contributed by atoms with Crippen molar-refractivity contribution >= 4 is 27.9 Å². The maximum Gasteiger partial charge on any atom is 0.234 e. The molecule has 1 unspecified atom stereocenters. The molecule has 0 amide bonds. The molecule has 1 N–H and O–H groups in total. The summed E-state index contributed by atoms with van der Waals surface area (Å²) in [5.41, 5.74) is 1.77. The van der Waals surface area contributed by atoms with Crippen LogP contribution in [0.25, 0.3) is 6.08 Å². The standard InChI is InChI=1S/C19H23NO3S2/c1-16(18-8-10-19(11-9-18)24-14-13-23-2)20-25(21,22)15-12-17-6-4-3-5-7-17/h3-12,15-16,20H,13-14H2,1-2H3. The molecule has 0 fully saturated rings. The number of benzene rings is 2. The lowest BCUT2D eigenvalue weighted by Crippen LogP contribution is -2.24. The van der Waals surface area contributed by atoms with Gasteiger partial charge in [-0.25, -0.2) is 13.1 Å². The molecule has 0 heterocycles. The van der Waals surface area contributed by atoms with E-state index in [0.29, 0.717) is 6.61 Å². The summed E-state index contributed by atoms with van der Waals surface area (Å²) < 4.78 is 32.1. The van der Waals surface area contributed by atoms with Crippen LogP contribution in [0, 0.1) is 0 Å². The molecule has 134 valence electrons. The van der Waals surface area contributed by atoms with E-state index in [1.807, 2.05) is 61.5 Å². The van der Waals surface area contributed by atoms with Crippen molar-refractivity contribution < 1.29 is 13.2 Å². The lowest BCUT2D eigenvalue weighted by Gasteiger charge is -2.13. The molecule has 0 radical (unpaired) electrons. The van der Waals surface area contributed by atoms with Gasteiger partial charge in [0.1, 0.15) is 0 Å². The summed E-state index contributed by atoms with van der Waals surface area (Å²) in [4.78, 5) is 1.14. The van der Waals surface area contributed by atoms with E-state index in [4.69, 9.17) is 4.74 Å². The second kappa shape index (κ2) is 9.77. The Labute approximate surface area is 154 Å². The van der Waals surface area contributed by atoms with Gasteiger partial charge in [-0.3, -0.25) is 0 Å². The number of rotatable bonds is 9. The van der Waals surface area contributed by atoms with Gasteiger partial charge in [0.05, 0.1) is 6.61 Å². The monoisotopic (exact) mass is 377 g/mol. The fourth-order valence-electron chi connectivity index (χ4n) is 2.18. The van der Waals surface area contributed by atoms with E-state index >= 15 is 0 Å². The number of thioether (sulfide) groups is 1. The molecule has 0 aromatic heterocycles. The Morgan fingerprint density at radius 2 is 1.80 bits per heavy atom. The Balaban J connectivity index is 1.95. The van der Waals surface area contributed by atoms with Crippen molar-refractivity contribution in [3.63, 3.8) is 0 Å². The zero-order valence-electron chi connectivity index (χ0n) is 14.4. The van der Waals surface area contributed by atoms with Crippen LogP contribution in [-0.2, 0) is 14.8 Å². The lowest BCUT2D eigenvalue weighted by atomic mass is 10.1. The number of ether oxygens (including phenoxy) is 1. The summed E-state index contributed by atoms with van der Waals surface area (Å²) in [7, 11) is -1.82. The molecule has 0 saturated heterocycles. The summed E-state index contributed by atoms with van der Waals surface area (Å²) in [6.07, 6.45) is 1.59. The highest BCUT2D eigenvalue weighted by Gasteiger charge is 2.13. The molecule has 25 heavy (non-hydrogen) atoms. The minimum Gasteiger partial charge on any atom is -0.384 e. The van der Waals surface area contributed by atoms with Gasteiger partial charge in [-0.15, -0.1) is 11.8 Å². The number of sulfonamides is 1. The average Bonchev–Trinajstić information content (AvgIpc) is 2.61. The van der Waals surface area contributed by atoms with Crippen molar-refractivity contribution in [2.45, 2.75) is 17.9 Å². The van der Waals surface area contributed by atoms with Crippen LogP contribution in [0.5, 0.6) is 0 Å². The second-order valence-electron chi connectivity index (χ2n) is 5.51. The van der Waals surface area contributed by atoms with Crippen molar-refractivity contribution in [1.82, 2.24) is 4.72 Å². The molecular weight excluding hydrogens is 354 g/mol. The SMILES string of the molecule is COCCSc1ccc(C(C)NS(=O)(=O)C=Cc2ccccc2)cc1. The number of hydrogen-bond acceptors (Lipinski definition) is 4. The lowest BCUT2D eigenvalue weighted by molar-refractivity contribution is 0.218. The highest BCUT2D eigenvalue weighted by atomic mass is 32.2. The van der Waals surface area contributed by atoms with E-state index in [1.165, 1.54) is 5.41 Å². The van der Waals surface area contributed by atoms with Crippen LogP contribution >= 0.6 is 11.8 Å². The zero-order chi connectivity index (χ0) is 18.1. The van der Waals surface area contributed by atoms with Gasteiger partial charge in [0, 0.05) is 29.2 Å². The van der Waals surface area contributed by atoms with Gasteiger partial charge < -0.3 is 4.74 Å². The molecule has 1 atom stereocenters. The van der Waals surface area contributed by atoms with E-state index in [0.717, 1.165) is 21.8 Å². The Bertz CT molecular complexity index is 772. The molecule has 0 bridgehead atoms. The minimum absolute atomic E-state index is 0.302. The van der Waals surface area contributed by atoms with Crippen LogP contribution in [0.4, 0.5) is 0 Å². The highest BCUT2D eigenvalue weighted by Crippen LogP contribution is 2.21. The highest BCUT2D eigenvalue weighted by molar-refractivity contribution is 7.99. The smallest absolute Gasteiger partial charge is 0.234 e. The molecule has 0 aliphatic carbocycles. The molecule has 0 saturated carbocycles. The molecule has 4 nitrogen and oxygen atoms in total. The number of hydrogen-bond donors (Lipinski definition) is 1. The van der Waals surface area contributed by atoms with Crippen molar-refractivity contribution in [3.05, 3.63) is 71.1 Å². The van der Waals surface area contributed by atoms with Crippen LogP contribution < -0.4 is 4.72 Å². The average molecular weight is 378 g/mol. The molecule has 6 heteroatoms. The number of nitrogens with one attached hydrogen (secondary N) is 1. The van der Waals surface area contributed by atoms with Crippen molar-refractivity contribution in [3.8, 4) is 0 Å². The van der Waals surface area contributed by atoms with Crippen molar-refractivity contribution in [2.24, 2.45) is 0 Å². The first-order valence-electron chi connectivity index (χ1n) is 7.97. The third-order valence-corrected chi connectivity index (χ3v) is 5.67. The van der Waals surface area contributed by atoms with Crippen LogP contribution in [0.3, 0.4) is 0 Å². The van der Waals surface area contributed by atoms with E-state index in [2.05, 4.69) is 4.72 Å². The van der Waals surface area contributed by atoms with Gasteiger partial charge in [0.2, 0.25) is 10.0 Å². The third kappa shape index (κ3) is 7.04. The molecule has 0 spiro atoms. The second-order valence-corrected chi connectivity index (χ2v) is 8.27. The van der Waals surface area contributed by atoms with Gasteiger partial charge in [0.15, 0.2) is 0 Å². The molecular formula is C19H23NO3S2. The summed E-state index contributed by atoms with van der Waals surface area (Å²) in [6, 6.07) is 16.9. The molecule has 2 aromatic carbocycles. The molecule has 0 aliphatic heterocycles. The van der Waals surface area contributed by atoms with Gasteiger partial charge in [0.25, 0.3) is 0 Å². The predicted molar refractivity (Wildman–Crippen MR) is 105 cm³/mol. The van der Waals surface area contributed by atoms with E-state index in [1.54, 1.807) is 24.9 Å². The summed E-state index contributed by atoms with van der Waals surface area (Å²) in [5.74, 6) is 0.891. The number of methoxy groups -OCH3 is 1. The van der Waals surface area contributed by atoms with Gasteiger partial charge >= 0.3 is 0 Å². The maximum absolute atomic E-state index is 12.2. The fraction of sp³-hybridized carbons (Fsp3) is 0.263. The van der Waals surface area contributed by atoms with Crippen LogP contribution in [0.15, 0.2) is 64.9 Å². The van der Waals surface area contributed by atoms with Gasteiger partial charge in [-0.05, 0) is 36.3 Å². The third-order valence-electron chi connectivity index (χ3n) is 3.52. The molecule has 2 rings (SSSR count). The van der Waals surface area contributed by atoms with Crippen LogP contribution in [0.2, 0.25) is 0 Å². The molecule has 2 aromatic rings. The normalized spacial score (nSPS) is 13.2. The van der Waals surface area contributed by atoms with Crippen molar-refractivity contribution in [1.29, 1.82) is 0 Å². The van der Waals surface area contributed by atoms with Crippen LogP contribution in [0.1, 0.15) is 24.1 Å². The quantitative estimate of drug-likeness (QED) is 0.528. The Morgan fingerprint density at radius 3 is 2.44 bits per heavy atom. The Kier molecular flexibility index (Phi) is 7.71. The predicted octanol–water partition coefficient (Wildman–Crippen LogP) is 4.08. The zero-order valence-corrected chi connectivity index (χ0v) is 16.0. The van der Waals surface area contributed by atoms with Crippen molar-refractivity contribution in [2.75, 3.05) is 19.5 Å². The van der Waals surface area contributed by atoms with Gasteiger partial charge in [-0.1, -0.05) is 42.5 Å². The first-order valence-corrected chi connectivity index (χ1v) is 10.5. The first kappa shape index (κ1) is 19.7. The topological polar surface area (TPSA) is 55.4 Å².